The Hall–Kier alpha value is -0.420. The molecule has 4 nitrogen and oxygen atoms in total. The molecule has 0 radical (unpaired) electrons. The summed E-state index contributed by atoms with van der Waals surface area (Å²) in [5.41, 5.74) is 0. The number of carbonyl (C=O) groups excluding carboxylic acids is 1. The molecule has 1 aliphatic heterocycles. The van der Waals surface area contributed by atoms with Crippen molar-refractivity contribution < 1.29 is 13.2 Å². The van der Waals surface area contributed by atoms with Gasteiger partial charge in [0.15, 0.2) is 0 Å². The van der Waals surface area contributed by atoms with Gasteiger partial charge in [-0.25, -0.2) is 8.42 Å². The number of sulfone groups is 1. The van der Waals surface area contributed by atoms with Crippen LogP contribution in [0.4, 0.5) is 0 Å². The summed E-state index contributed by atoms with van der Waals surface area (Å²) in [5, 5.41) is 0. The molecule has 0 aromatic rings. The van der Waals surface area contributed by atoms with Crippen LogP contribution in [0.25, 0.3) is 0 Å². The first-order valence-corrected chi connectivity index (χ1v) is 6.96. The van der Waals surface area contributed by atoms with Crippen molar-refractivity contribution in [1.29, 1.82) is 0 Å². The molecule has 0 spiro atoms. The molecule has 0 N–H and O–H groups in total. The molecule has 1 saturated heterocycles. The first-order valence-electron chi connectivity index (χ1n) is 4.90. The van der Waals surface area contributed by atoms with E-state index in [0.29, 0.717) is 6.54 Å². The molecule has 5 heteroatoms. The number of likely N-dealkylation sites (tertiary alicyclic amines) is 1. The van der Waals surface area contributed by atoms with Crippen molar-refractivity contribution in [2.24, 2.45) is 0 Å². The van der Waals surface area contributed by atoms with Crippen LogP contribution in [0.2, 0.25) is 0 Å². The number of hydrogen-bond acceptors (Lipinski definition) is 4. The monoisotopic (exact) mass is 219 g/mol. The minimum Gasteiger partial charge on any atom is -0.302 e. The summed E-state index contributed by atoms with van der Waals surface area (Å²) in [5.74, 6) is 0.150. The predicted octanol–water partition coefficient (Wildman–Crippen LogP) is 0.0844. The van der Waals surface area contributed by atoms with E-state index in [1.54, 1.807) is 0 Å². The van der Waals surface area contributed by atoms with E-state index in [-0.39, 0.29) is 11.8 Å². The minimum atomic E-state index is -2.91. The SMILES string of the molecule is CS(=O)(=O)CCN1CCCCC1C=O. The van der Waals surface area contributed by atoms with Crippen LogP contribution < -0.4 is 0 Å². The zero-order valence-electron chi connectivity index (χ0n) is 8.48. The van der Waals surface area contributed by atoms with Gasteiger partial charge in [0.2, 0.25) is 0 Å². The Kier molecular flexibility index (Phi) is 4.07. The average molecular weight is 219 g/mol. The zero-order valence-corrected chi connectivity index (χ0v) is 9.29. The zero-order chi connectivity index (χ0) is 10.6. The smallest absolute Gasteiger partial charge is 0.148 e. The number of piperidine rings is 1. The molecular weight excluding hydrogens is 202 g/mol. The van der Waals surface area contributed by atoms with E-state index in [4.69, 9.17) is 0 Å². The summed E-state index contributed by atoms with van der Waals surface area (Å²) >= 11 is 0. The Morgan fingerprint density at radius 1 is 1.43 bits per heavy atom. The maximum Gasteiger partial charge on any atom is 0.148 e. The van der Waals surface area contributed by atoms with E-state index in [1.165, 1.54) is 6.26 Å². The average Bonchev–Trinajstić information content (AvgIpc) is 2.14. The second-order valence-corrected chi connectivity index (χ2v) is 6.12. The van der Waals surface area contributed by atoms with E-state index in [2.05, 4.69) is 0 Å². The number of nitrogens with zero attached hydrogens (tertiary/aromatic N) is 1. The molecule has 0 aromatic heterocycles. The quantitative estimate of drug-likeness (QED) is 0.629. The topological polar surface area (TPSA) is 54.5 Å². The van der Waals surface area contributed by atoms with Gasteiger partial charge in [0.1, 0.15) is 16.1 Å². The van der Waals surface area contributed by atoms with Crippen molar-refractivity contribution in [1.82, 2.24) is 4.90 Å². The van der Waals surface area contributed by atoms with Crippen LogP contribution in [0, 0.1) is 0 Å². The van der Waals surface area contributed by atoms with Crippen LogP contribution in [0.5, 0.6) is 0 Å². The summed E-state index contributed by atoms with van der Waals surface area (Å²) in [6.45, 7) is 1.33. The second kappa shape index (κ2) is 4.89. The van der Waals surface area contributed by atoms with Crippen LogP contribution in [0.3, 0.4) is 0 Å². The second-order valence-electron chi connectivity index (χ2n) is 3.87. The Balaban J connectivity index is 2.45. The van der Waals surface area contributed by atoms with E-state index >= 15 is 0 Å². The first kappa shape index (κ1) is 11.7. The fraction of sp³-hybridized carbons (Fsp3) is 0.889. The van der Waals surface area contributed by atoms with Crippen LogP contribution in [0.15, 0.2) is 0 Å². The highest BCUT2D eigenvalue weighted by molar-refractivity contribution is 7.90. The first-order chi connectivity index (χ1) is 6.53. The highest BCUT2D eigenvalue weighted by atomic mass is 32.2. The van der Waals surface area contributed by atoms with Crippen LogP contribution in [0.1, 0.15) is 19.3 Å². The predicted molar refractivity (Wildman–Crippen MR) is 55.0 cm³/mol. The van der Waals surface area contributed by atoms with Gasteiger partial charge < -0.3 is 4.79 Å². The lowest BCUT2D eigenvalue weighted by molar-refractivity contribution is -0.113. The molecule has 0 amide bonds. The third-order valence-corrected chi connectivity index (χ3v) is 3.49. The maximum atomic E-state index is 11.0. The molecule has 1 unspecified atom stereocenters. The Labute approximate surface area is 85.2 Å². The maximum absolute atomic E-state index is 11.0. The Morgan fingerprint density at radius 2 is 2.14 bits per heavy atom. The Bertz CT molecular complexity index is 286. The lowest BCUT2D eigenvalue weighted by Gasteiger charge is -2.31. The van der Waals surface area contributed by atoms with Gasteiger partial charge in [-0.1, -0.05) is 6.42 Å². The fourth-order valence-corrected chi connectivity index (χ4v) is 2.30. The summed E-state index contributed by atoms with van der Waals surface area (Å²) in [6.07, 6.45) is 5.16. The number of hydrogen-bond donors (Lipinski definition) is 0. The van der Waals surface area contributed by atoms with Gasteiger partial charge in [0.25, 0.3) is 0 Å². The normalized spacial score (nSPS) is 24.8. The molecule has 14 heavy (non-hydrogen) atoms. The van der Waals surface area contributed by atoms with Crippen LogP contribution in [-0.2, 0) is 14.6 Å². The molecule has 1 atom stereocenters. The molecule has 0 aromatic carbocycles. The van der Waals surface area contributed by atoms with Crippen molar-refractivity contribution in [2.75, 3.05) is 25.1 Å². The van der Waals surface area contributed by atoms with Gasteiger partial charge >= 0.3 is 0 Å². The molecule has 1 heterocycles. The van der Waals surface area contributed by atoms with Gasteiger partial charge in [-0.2, -0.15) is 0 Å². The van der Waals surface area contributed by atoms with Crippen molar-refractivity contribution in [2.45, 2.75) is 25.3 Å². The van der Waals surface area contributed by atoms with Gasteiger partial charge in [-0.05, 0) is 19.4 Å². The number of rotatable bonds is 4. The molecule has 0 saturated carbocycles. The van der Waals surface area contributed by atoms with Crippen LogP contribution >= 0.6 is 0 Å². The van der Waals surface area contributed by atoms with Gasteiger partial charge in [0, 0.05) is 12.8 Å². The third-order valence-electron chi connectivity index (χ3n) is 2.57. The van der Waals surface area contributed by atoms with E-state index in [9.17, 15) is 13.2 Å². The fourth-order valence-electron chi connectivity index (χ4n) is 1.73. The van der Waals surface area contributed by atoms with Gasteiger partial charge in [0.05, 0.1) is 11.8 Å². The third kappa shape index (κ3) is 3.75. The summed E-state index contributed by atoms with van der Waals surface area (Å²) in [4.78, 5) is 12.7. The lowest BCUT2D eigenvalue weighted by atomic mass is 10.0. The largest absolute Gasteiger partial charge is 0.302 e. The highest BCUT2D eigenvalue weighted by Gasteiger charge is 2.22. The molecule has 0 bridgehead atoms. The van der Waals surface area contributed by atoms with Gasteiger partial charge in [-0.3, -0.25) is 4.90 Å². The van der Waals surface area contributed by atoms with E-state index in [0.717, 1.165) is 32.1 Å². The Morgan fingerprint density at radius 3 is 2.71 bits per heavy atom. The standard InChI is InChI=1S/C9H17NO3S/c1-14(12,13)7-6-10-5-3-2-4-9(10)8-11/h8-9H,2-7H2,1H3. The lowest BCUT2D eigenvalue weighted by Crippen LogP contribution is -2.42. The van der Waals surface area contributed by atoms with Crippen molar-refractivity contribution >= 4 is 16.1 Å². The molecule has 0 aliphatic carbocycles. The molecule has 1 aliphatic rings. The number of aldehydes is 1. The van der Waals surface area contributed by atoms with E-state index < -0.39 is 9.84 Å². The summed E-state index contributed by atoms with van der Waals surface area (Å²) < 4.78 is 21.9. The highest BCUT2D eigenvalue weighted by Crippen LogP contribution is 2.14. The molecule has 1 rings (SSSR count). The van der Waals surface area contributed by atoms with Gasteiger partial charge in [-0.15, -0.1) is 0 Å². The van der Waals surface area contributed by atoms with Crippen molar-refractivity contribution in [3.8, 4) is 0 Å². The van der Waals surface area contributed by atoms with Crippen LogP contribution in [-0.4, -0.2) is 50.7 Å². The molecule has 1 fully saturated rings. The molecule has 82 valence electrons. The number of carbonyl (C=O) groups is 1. The van der Waals surface area contributed by atoms with Crippen molar-refractivity contribution in [3.05, 3.63) is 0 Å². The van der Waals surface area contributed by atoms with Crippen molar-refractivity contribution in [3.63, 3.8) is 0 Å². The molecular formula is C9H17NO3S. The summed E-state index contributed by atoms with van der Waals surface area (Å²) in [6, 6.07) is -0.0644. The van der Waals surface area contributed by atoms with E-state index in [1.807, 2.05) is 4.90 Å². The summed E-state index contributed by atoms with van der Waals surface area (Å²) in [7, 11) is -2.91. The minimum absolute atomic E-state index is 0.0644.